The maximum Gasteiger partial charge on any atom is 0.238 e. The number of allylic oxidation sites excluding steroid dienone is 1. The second-order valence-electron chi connectivity index (χ2n) is 11.3. The van der Waals surface area contributed by atoms with Gasteiger partial charge < -0.3 is 19.7 Å². The van der Waals surface area contributed by atoms with Gasteiger partial charge in [-0.15, -0.1) is 0 Å². The minimum absolute atomic E-state index is 0.0437. The van der Waals surface area contributed by atoms with Gasteiger partial charge in [-0.1, -0.05) is 27.2 Å². The first kappa shape index (κ1) is 23.5. The lowest BCUT2D eigenvalue weighted by atomic mass is 9.43. The summed E-state index contributed by atoms with van der Waals surface area (Å²) in [5.74, 6) is -4.06. The van der Waals surface area contributed by atoms with E-state index in [1.807, 2.05) is 13.8 Å². The first-order valence-electron chi connectivity index (χ1n) is 12.2. The highest BCUT2D eigenvalue weighted by Crippen LogP contribution is 2.71. The van der Waals surface area contributed by atoms with Crippen molar-refractivity contribution in [2.45, 2.75) is 95.7 Å². The number of aliphatic hydroxyl groups excluding tert-OH is 2. The molecule has 0 bridgehead atoms. The van der Waals surface area contributed by atoms with Gasteiger partial charge >= 0.3 is 0 Å². The van der Waals surface area contributed by atoms with Crippen LogP contribution < -0.4 is 0 Å². The van der Waals surface area contributed by atoms with E-state index >= 15 is 8.78 Å². The second-order valence-corrected chi connectivity index (χ2v) is 11.3. The lowest BCUT2D eigenvalue weighted by Crippen LogP contribution is -2.73. The van der Waals surface area contributed by atoms with E-state index in [-0.39, 0.29) is 36.5 Å². The molecule has 1 aliphatic heterocycles. The Morgan fingerprint density at radius 3 is 2.58 bits per heavy atom. The number of ether oxygens (including phenoxy) is 2. The van der Waals surface area contributed by atoms with E-state index in [2.05, 4.69) is 0 Å². The molecule has 184 valence electrons. The number of carbonyl (C=O) groups excluding carboxylic acids is 2. The predicted molar refractivity (Wildman–Crippen MR) is 113 cm³/mol. The molecule has 4 fully saturated rings. The molecule has 0 aromatic heterocycles. The average Bonchev–Trinajstić information content (AvgIpc) is 3.07. The van der Waals surface area contributed by atoms with Gasteiger partial charge in [0.15, 0.2) is 12.1 Å². The van der Waals surface area contributed by atoms with Crippen LogP contribution in [0.1, 0.15) is 65.7 Å². The van der Waals surface area contributed by atoms with E-state index in [0.29, 0.717) is 19.3 Å². The van der Waals surface area contributed by atoms with Gasteiger partial charge in [0.25, 0.3) is 0 Å². The third-order valence-electron chi connectivity index (χ3n) is 9.79. The molecule has 2 N–H and O–H groups in total. The first-order chi connectivity index (χ1) is 15.5. The lowest BCUT2D eigenvalue weighted by molar-refractivity contribution is -0.439. The highest BCUT2D eigenvalue weighted by molar-refractivity contribution is 5.98. The maximum atomic E-state index is 17.4. The molecule has 33 heavy (non-hydrogen) atoms. The molecular weight excluding hydrogens is 434 g/mol. The second kappa shape index (κ2) is 7.39. The Labute approximate surface area is 192 Å². The number of aliphatic hydroxyl groups is 2. The van der Waals surface area contributed by atoms with E-state index in [9.17, 15) is 19.8 Å². The molecule has 0 aromatic rings. The van der Waals surface area contributed by atoms with Crippen LogP contribution in [-0.4, -0.2) is 58.4 Å². The number of alkyl halides is 2. The normalized spacial score (nSPS) is 53.1. The summed E-state index contributed by atoms with van der Waals surface area (Å²) in [4.78, 5) is 25.3. The summed E-state index contributed by atoms with van der Waals surface area (Å²) >= 11 is 0. The number of Topliss-reactive ketones (excluding diaryl/α,β-unsaturated/α-hetero) is 1. The standard InChI is InChI=1S/C25H34F2O6/c1-4-5-21-32-24(33-21)12-23(3)16(9-19(24)30)17(26)8-15-13-6-7-14(18(29)11-28)22(13,2)10-20(31)25(15,23)27/h9,13-15,17,20-21,28,31H,4-8,10-12H2,1-3H3/t13-,14-,15+,17-,20-,21?,22-,23-,24?,25-/m0/s1. The highest BCUT2D eigenvalue weighted by Gasteiger charge is 2.75. The molecule has 1 heterocycles. The number of hydrogen-bond acceptors (Lipinski definition) is 6. The number of rotatable bonds is 4. The zero-order valence-corrected chi connectivity index (χ0v) is 19.5. The van der Waals surface area contributed by atoms with Gasteiger partial charge in [0.05, 0.1) is 6.10 Å². The molecule has 0 radical (unpaired) electrons. The van der Waals surface area contributed by atoms with E-state index in [1.165, 1.54) is 0 Å². The fourth-order valence-electron chi connectivity index (χ4n) is 8.27. The van der Waals surface area contributed by atoms with Gasteiger partial charge in [-0.3, -0.25) is 9.59 Å². The van der Waals surface area contributed by atoms with Crippen LogP contribution in [0, 0.1) is 28.6 Å². The number of carbonyl (C=O) groups is 2. The third-order valence-corrected chi connectivity index (χ3v) is 9.79. The van der Waals surface area contributed by atoms with E-state index in [4.69, 9.17) is 9.47 Å². The first-order valence-corrected chi connectivity index (χ1v) is 12.2. The largest absolute Gasteiger partial charge is 0.390 e. The van der Waals surface area contributed by atoms with Crippen molar-refractivity contribution in [3.8, 4) is 0 Å². The van der Waals surface area contributed by atoms with E-state index < -0.39 is 65.1 Å². The molecule has 4 aliphatic carbocycles. The molecule has 5 aliphatic rings. The van der Waals surface area contributed by atoms with Crippen LogP contribution in [0.15, 0.2) is 11.6 Å². The van der Waals surface area contributed by atoms with Crippen LogP contribution in [0.5, 0.6) is 0 Å². The monoisotopic (exact) mass is 468 g/mol. The number of fused-ring (bicyclic) bond motifs is 5. The van der Waals surface area contributed by atoms with Crippen molar-refractivity contribution >= 4 is 11.6 Å². The lowest BCUT2D eigenvalue weighted by Gasteiger charge is -2.65. The van der Waals surface area contributed by atoms with Crippen molar-refractivity contribution in [3.63, 3.8) is 0 Å². The summed E-state index contributed by atoms with van der Waals surface area (Å²) in [6, 6.07) is 0. The Balaban J connectivity index is 1.55. The van der Waals surface area contributed by atoms with Crippen LogP contribution in [0.2, 0.25) is 0 Å². The summed E-state index contributed by atoms with van der Waals surface area (Å²) in [6.07, 6.45) is -0.239. The van der Waals surface area contributed by atoms with Crippen molar-refractivity contribution in [2.75, 3.05) is 6.61 Å². The molecule has 8 atom stereocenters. The average molecular weight is 469 g/mol. The summed E-state index contributed by atoms with van der Waals surface area (Å²) in [5.41, 5.74) is -4.32. The SMILES string of the molecule is CCCC1OC2(C[C@@]3(C)C(=CC2=O)[C@@H](F)C[C@@H]2[C@@H]4CC[C@@H](C(=O)CO)[C@@]4(C)C[C@H](O)[C@@]23F)O1. The number of hydrogen-bond donors (Lipinski definition) is 2. The highest BCUT2D eigenvalue weighted by atomic mass is 19.1. The maximum absolute atomic E-state index is 17.4. The molecule has 0 unspecified atom stereocenters. The van der Waals surface area contributed by atoms with Gasteiger partial charge in [-0.2, -0.15) is 0 Å². The van der Waals surface area contributed by atoms with Crippen LogP contribution >= 0.6 is 0 Å². The van der Waals surface area contributed by atoms with Gasteiger partial charge in [0.1, 0.15) is 18.4 Å². The molecule has 1 saturated heterocycles. The Morgan fingerprint density at radius 2 is 1.94 bits per heavy atom. The minimum atomic E-state index is -2.20. The molecular formula is C25H34F2O6. The van der Waals surface area contributed by atoms with Gasteiger partial charge in [-0.25, -0.2) is 8.78 Å². The smallest absolute Gasteiger partial charge is 0.238 e. The van der Waals surface area contributed by atoms with E-state index in [1.54, 1.807) is 6.92 Å². The van der Waals surface area contributed by atoms with Crippen molar-refractivity contribution in [3.05, 3.63) is 11.6 Å². The van der Waals surface area contributed by atoms with Crippen molar-refractivity contribution < 1.29 is 38.1 Å². The van der Waals surface area contributed by atoms with Crippen LogP contribution in [0.3, 0.4) is 0 Å². The molecule has 0 amide bonds. The van der Waals surface area contributed by atoms with Gasteiger partial charge in [0.2, 0.25) is 11.6 Å². The Hall–Kier alpha value is -1.22. The number of halogens is 2. The van der Waals surface area contributed by atoms with Gasteiger partial charge in [-0.05, 0) is 55.1 Å². The fourth-order valence-corrected chi connectivity index (χ4v) is 8.27. The Bertz CT molecular complexity index is 899. The minimum Gasteiger partial charge on any atom is -0.390 e. The van der Waals surface area contributed by atoms with Gasteiger partial charge in [0, 0.05) is 23.7 Å². The predicted octanol–water partition coefficient (Wildman–Crippen LogP) is 3.19. The molecule has 1 spiro atoms. The zero-order valence-electron chi connectivity index (χ0n) is 19.5. The van der Waals surface area contributed by atoms with Crippen molar-refractivity contribution in [1.82, 2.24) is 0 Å². The summed E-state index contributed by atoms with van der Waals surface area (Å²) < 4.78 is 44.7. The topological polar surface area (TPSA) is 93.1 Å². The van der Waals surface area contributed by atoms with Crippen LogP contribution in [0.4, 0.5) is 8.78 Å². The van der Waals surface area contributed by atoms with Crippen molar-refractivity contribution in [2.24, 2.45) is 28.6 Å². The third kappa shape index (κ3) is 2.84. The Morgan fingerprint density at radius 1 is 1.24 bits per heavy atom. The summed E-state index contributed by atoms with van der Waals surface area (Å²) in [7, 11) is 0. The fraction of sp³-hybridized carbons (Fsp3) is 0.840. The molecule has 5 rings (SSSR count). The Kier molecular flexibility index (Phi) is 5.27. The molecule has 8 heteroatoms. The molecule has 6 nitrogen and oxygen atoms in total. The molecule has 0 aromatic carbocycles. The van der Waals surface area contributed by atoms with Crippen molar-refractivity contribution in [1.29, 1.82) is 0 Å². The van der Waals surface area contributed by atoms with Crippen LogP contribution in [-0.2, 0) is 19.1 Å². The molecule has 3 saturated carbocycles. The zero-order chi connectivity index (χ0) is 24.0. The number of ketones is 2. The summed E-state index contributed by atoms with van der Waals surface area (Å²) in [6.45, 7) is 4.82. The quantitative estimate of drug-likeness (QED) is 0.658. The van der Waals surface area contributed by atoms with Crippen LogP contribution in [0.25, 0.3) is 0 Å². The van der Waals surface area contributed by atoms with E-state index in [0.717, 1.165) is 12.5 Å². The summed E-state index contributed by atoms with van der Waals surface area (Å²) in [5, 5.41) is 20.8.